The summed E-state index contributed by atoms with van der Waals surface area (Å²) in [6, 6.07) is 8.66. The van der Waals surface area contributed by atoms with Crippen LogP contribution in [-0.2, 0) is 24.2 Å². The van der Waals surface area contributed by atoms with Crippen molar-refractivity contribution in [1.29, 1.82) is 0 Å². The Morgan fingerprint density at radius 2 is 2.16 bits per heavy atom. The first-order chi connectivity index (χ1) is 12.3. The fraction of sp³-hybridized carbons (Fsp3) is 0.450. The van der Waals surface area contributed by atoms with Crippen molar-refractivity contribution in [1.82, 2.24) is 20.2 Å². The third kappa shape index (κ3) is 3.71. The molecule has 1 atom stereocenters. The van der Waals surface area contributed by atoms with E-state index in [-0.39, 0.29) is 11.9 Å². The Labute approximate surface area is 148 Å². The van der Waals surface area contributed by atoms with Gasteiger partial charge in [0.05, 0.1) is 11.7 Å². The van der Waals surface area contributed by atoms with Crippen LogP contribution in [0.15, 0.2) is 36.8 Å². The van der Waals surface area contributed by atoms with Crippen LogP contribution in [0.2, 0.25) is 0 Å². The van der Waals surface area contributed by atoms with E-state index >= 15 is 0 Å². The zero-order valence-electron chi connectivity index (χ0n) is 14.4. The van der Waals surface area contributed by atoms with E-state index < -0.39 is 0 Å². The van der Waals surface area contributed by atoms with E-state index in [4.69, 9.17) is 0 Å². The normalized spacial score (nSPS) is 19.8. The second kappa shape index (κ2) is 7.31. The van der Waals surface area contributed by atoms with Gasteiger partial charge in [0.15, 0.2) is 0 Å². The summed E-state index contributed by atoms with van der Waals surface area (Å²) in [4.78, 5) is 23.2. The number of rotatable bonds is 4. The van der Waals surface area contributed by atoms with Crippen molar-refractivity contribution < 1.29 is 4.79 Å². The van der Waals surface area contributed by atoms with Crippen LogP contribution in [0.5, 0.6) is 0 Å². The van der Waals surface area contributed by atoms with Gasteiger partial charge in [-0.15, -0.1) is 0 Å². The van der Waals surface area contributed by atoms with Gasteiger partial charge in [-0.05, 0) is 42.4 Å². The number of hydrogen-bond donors (Lipinski definition) is 1. The highest BCUT2D eigenvalue weighted by Gasteiger charge is 2.22. The maximum absolute atomic E-state index is 12.4. The molecule has 1 aromatic heterocycles. The topological polar surface area (TPSA) is 58.1 Å². The molecule has 0 bridgehead atoms. The van der Waals surface area contributed by atoms with Crippen molar-refractivity contribution in [2.45, 2.75) is 44.7 Å². The summed E-state index contributed by atoms with van der Waals surface area (Å²) in [5.74, 6) is 0.148. The number of nitrogens with one attached hydrogen (secondary N) is 1. The van der Waals surface area contributed by atoms with Crippen LogP contribution in [-0.4, -0.2) is 33.9 Å². The van der Waals surface area contributed by atoms with Gasteiger partial charge in [0, 0.05) is 32.3 Å². The number of aryl methyl sites for hydroxylation is 1. The van der Waals surface area contributed by atoms with Gasteiger partial charge in [0.2, 0.25) is 5.91 Å². The zero-order valence-corrected chi connectivity index (χ0v) is 14.4. The van der Waals surface area contributed by atoms with Crippen LogP contribution in [0.25, 0.3) is 0 Å². The Kier molecular flexibility index (Phi) is 4.74. The second-order valence-corrected chi connectivity index (χ2v) is 6.98. The standard InChI is InChI=1S/C20H24N4O/c25-20(23-18-7-3-5-15-4-1-2-6-17(15)18)9-11-24-10-8-16-12-21-14-22-19(16)13-24/h1-2,4,6,12,14,18H,3,5,7-11,13H2,(H,23,25)/t18-/m0/s1. The number of amides is 1. The Morgan fingerprint density at radius 3 is 3.12 bits per heavy atom. The highest BCUT2D eigenvalue weighted by molar-refractivity contribution is 5.76. The van der Waals surface area contributed by atoms with Crippen molar-refractivity contribution in [3.63, 3.8) is 0 Å². The Hall–Kier alpha value is -2.27. The Morgan fingerprint density at radius 1 is 1.24 bits per heavy atom. The number of carbonyl (C=O) groups is 1. The maximum atomic E-state index is 12.4. The molecule has 0 unspecified atom stereocenters. The third-order valence-electron chi connectivity index (χ3n) is 5.31. The van der Waals surface area contributed by atoms with Gasteiger partial charge in [0.1, 0.15) is 6.33 Å². The minimum absolute atomic E-state index is 0.148. The van der Waals surface area contributed by atoms with E-state index in [0.29, 0.717) is 6.42 Å². The summed E-state index contributed by atoms with van der Waals surface area (Å²) in [5, 5.41) is 3.24. The first-order valence-corrected chi connectivity index (χ1v) is 9.17. The number of fused-ring (bicyclic) bond motifs is 2. The molecule has 0 spiro atoms. The van der Waals surface area contributed by atoms with Gasteiger partial charge in [0.25, 0.3) is 0 Å². The van der Waals surface area contributed by atoms with E-state index in [1.54, 1.807) is 6.33 Å². The van der Waals surface area contributed by atoms with Gasteiger partial charge in [-0.25, -0.2) is 9.97 Å². The molecule has 0 radical (unpaired) electrons. The van der Waals surface area contributed by atoms with Crippen molar-refractivity contribution in [3.05, 3.63) is 59.2 Å². The molecular weight excluding hydrogens is 312 g/mol. The molecule has 130 valence electrons. The van der Waals surface area contributed by atoms with Gasteiger partial charge in [-0.1, -0.05) is 24.3 Å². The average Bonchev–Trinajstić information content (AvgIpc) is 2.66. The molecule has 0 fully saturated rings. The highest BCUT2D eigenvalue weighted by atomic mass is 16.1. The lowest BCUT2D eigenvalue weighted by Gasteiger charge is -2.29. The number of nitrogens with zero attached hydrogens (tertiary/aromatic N) is 3. The van der Waals surface area contributed by atoms with Gasteiger partial charge in [-0.2, -0.15) is 0 Å². The summed E-state index contributed by atoms with van der Waals surface area (Å²) in [6.07, 6.45) is 8.33. The molecule has 5 heteroatoms. The molecule has 1 aliphatic carbocycles. The number of aromatic nitrogens is 2. The number of benzene rings is 1. The summed E-state index contributed by atoms with van der Waals surface area (Å²) in [6.45, 7) is 2.57. The van der Waals surface area contributed by atoms with Crippen molar-refractivity contribution in [2.75, 3.05) is 13.1 Å². The smallest absolute Gasteiger partial charge is 0.221 e. The Bertz CT molecular complexity index is 761. The average molecular weight is 336 g/mol. The fourth-order valence-electron chi connectivity index (χ4n) is 3.93. The lowest BCUT2D eigenvalue weighted by atomic mass is 9.87. The first kappa shape index (κ1) is 16.2. The quantitative estimate of drug-likeness (QED) is 0.931. The Balaban J connectivity index is 1.31. The van der Waals surface area contributed by atoms with Crippen LogP contribution in [0.1, 0.15) is 47.7 Å². The molecule has 1 N–H and O–H groups in total. The molecule has 0 saturated carbocycles. The minimum atomic E-state index is 0.148. The van der Waals surface area contributed by atoms with E-state index in [1.807, 2.05) is 6.20 Å². The summed E-state index contributed by atoms with van der Waals surface area (Å²) < 4.78 is 0. The molecule has 2 aliphatic rings. The van der Waals surface area contributed by atoms with Gasteiger partial charge >= 0.3 is 0 Å². The van der Waals surface area contributed by atoms with Crippen LogP contribution < -0.4 is 5.32 Å². The summed E-state index contributed by atoms with van der Waals surface area (Å²) >= 11 is 0. The molecular formula is C20H24N4O. The van der Waals surface area contributed by atoms with Crippen LogP contribution >= 0.6 is 0 Å². The first-order valence-electron chi connectivity index (χ1n) is 9.17. The third-order valence-corrected chi connectivity index (χ3v) is 5.31. The predicted molar refractivity (Wildman–Crippen MR) is 95.9 cm³/mol. The van der Waals surface area contributed by atoms with Crippen molar-refractivity contribution in [2.24, 2.45) is 0 Å². The fourth-order valence-corrected chi connectivity index (χ4v) is 3.93. The highest BCUT2D eigenvalue weighted by Crippen LogP contribution is 2.29. The molecule has 1 aromatic carbocycles. The van der Waals surface area contributed by atoms with Crippen LogP contribution in [0.3, 0.4) is 0 Å². The lowest BCUT2D eigenvalue weighted by molar-refractivity contribution is -0.122. The van der Waals surface area contributed by atoms with E-state index in [2.05, 4.69) is 44.5 Å². The van der Waals surface area contributed by atoms with E-state index in [0.717, 1.165) is 51.0 Å². The zero-order chi connectivity index (χ0) is 17.1. The SMILES string of the molecule is O=C(CCN1CCc2cncnc2C1)N[C@H]1CCCc2ccccc21. The van der Waals surface area contributed by atoms with E-state index in [1.165, 1.54) is 16.7 Å². The lowest BCUT2D eigenvalue weighted by Crippen LogP contribution is -2.36. The molecule has 5 nitrogen and oxygen atoms in total. The second-order valence-electron chi connectivity index (χ2n) is 6.98. The van der Waals surface area contributed by atoms with E-state index in [9.17, 15) is 4.79 Å². The molecule has 2 aromatic rings. The monoisotopic (exact) mass is 336 g/mol. The molecule has 25 heavy (non-hydrogen) atoms. The van der Waals surface area contributed by atoms with Crippen LogP contribution in [0.4, 0.5) is 0 Å². The minimum Gasteiger partial charge on any atom is -0.349 e. The molecule has 4 rings (SSSR count). The molecule has 2 heterocycles. The van der Waals surface area contributed by atoms with Gasteiger partial charge in [-0.3, -0.25) is 9.69 Å². The van der Waals surface area contributed by atoms with Crippen molar-refractivity contribution in [3.8, 4) is 0 Å². The molecule has 1 amide bonds. The van der Waals surface area contributed by atoms with Gasteiger partial charge < -0.3 is 5.32 Å². The maximum Gasteiger partial charge on any atom is 0.221 e. The number of carbonyl (C=O) groups excluding carboxylic acids is 1. The number of hydrogen-bond acceptors (Lipinski definition) is 4. The largest absolute Gasteiger partial charge is 0.349 e. The summed E-state index contributed by atoms with van der Waals surface area (Å²) in [5.41, 5.74) is 5.02. The van der Waals surface area contributed by atoms with Crippen LogP contribution in [0, 0.1) is 0 Å². The summed E-state index contributed by atoms with van der Waals surface area (Å²) in [7, 11) is 0. The molecule has 0 saturated heterocycles. The molecule has 1 aliphatic heterocycles. The predicted octanol–water partition coefficient (Wildman–Crippen LogP) is 2.42. The van der Waals surface area contributed by atoms with Crippen molar-refractivity contribution >= 4 is 5.91 Å².